The van der Waals surface area contributed by atoms with Crippen LogP contribution in [0.5, 0.6) is 0 Å². The van der Waals surface area contributed by atoms with Crippen LogP contribution in [0.1, 0.15) is 329 Å². The maximum Gasteiger partial charge on any atom is 0.472 e. The first-order valence-electron chi connectivity index (χ1n) is 41.1. The fourth-order valence-corrected chi connectivity index (χ4v) is 12.5. The maximum atomic E-state index is 13.0. The summed E-state index contributed by atoms with van der Waals surface area (Å²) in [4.78, 5) is 58.6. The molecule has 4 N–H and O–H groups in total. The maximum absolute atomic E-state index is 13.0. The molecule has 602 valence electrons. The van der Waals surface area contributed by atoms with Crippen molar-refractivity contribution in [3.8, 4) is 0 Å². The molecule has 0 spiro atoms. The molecule has 5 unspecified atom stereocenters. The highest BCUT2D eigenvalue weighted by molar-refractivity contribution is 7.47. The Hall–Kier alpha value is -4.57. The Balaban J connectivity index is 4.45. The molecule has 105 heavy (non-hydrogen) atoms. The number of carbonyl (C=O) groups excluding carboxylic acids is 3. The van der Waals surface area contributed by atoms with Crippen LogP contribution in [0, 0.1) is 0 Å². The molecule has 16 nitrogen and oxygen atoms in total. The molecule has 18 heteroatoms. The van der Waals surface area contributed by atoms with Crippen LogP contribution in [0.3, 0.4) is 0 Å². The van der Waals surface area contributed by atoms with E-state index in [1.54, 1.807) is 0 Å². The Labute approximate surface area is 638 Å². The first-order valence-corrected chi connectivity index (χ1v) is 44.1. The molecule has 0 aromatic rings. The third-order valence-electron chi connectivity index (χ3n) is 17.1. The molecule has 0 aromatic carbocycles. The van der Waals surface area contributed by atoms with Gasteiger partial charge >= 0.3 is 33.6 Å². The number of allylic oxidation sites excluding steroid dienone is 24. The van der Waals surface area contributed by atoms with Crippen LogP contribution in [-0.2, 0) is 55.8 Å². The number of ether oxygens (including phenoxy) is 3. The minimum Gasteiger partial charge on any atom is -0.463 e. The SMILES string of the molecule is CC/C=C\C/C=C\C/C=C\C/C=C\C/C=C\C/C=C\CCCCCCCCCCCCCCCCCCC(=O)OCC(O)COP(=O)(O)OCC(O)COP(=O)(O)OCC(COC(=O)CC/C=C\C/C=C\C/C=C\C/C=C\C/C=C\C/C=C\CC)OC(=O)CCCCCCCCCCCCCCCCC. The van der Waals surface area contributed by atoms with Crippen molar-refractivity contribution in [1.82, 2.24) is 0 Å². The van der Waals surface area contributed by atoms with Gasteiger partial charge in [-0.3, -0.25) is 32.5 Å². The van der Waals surface area contributed by atoms with E-state index in [1.807, 2.05) is 18.2 Å². The molecule has 0 heterocycles. The lowest BCUT2D eigenvalue weighted by atomic mass is 10.0. The number of hydrogen-bond acceptors (Lipinski definition) is 14. The zero-order valence-corrected chi connectivity index (χ0v) is 67.6. The fourth-order valence-electron chi connectivity index (χ4n) is 10.9. The Morgan fingerprint density at radius 3 is 0.857 bits per heavy atom. The van der Waals surface area contributed by atoms with Gasteiger partial charge in [-0.1, -0.05) is 346 Å². The standard InChI is InChI=1S/C87H148O16P2/c1-4-7-10-13-16-19-22-25-28-30-32-33-34-35-36-37-38-39-40-41-42-43-44-45-46-47-49-51-53-55-58-61-64-67-70-73-85(90)97-76-82(88)77-99-104(93,94)100-78-83(89)79-101-105(95,96)102-81-84(103-87(92)75-72-69-66-63-60-57-52-27-24-21-18-15-12-9-6-3)80-98-86(91)74-71-68-65-62-59-56-54-50-48-31-29-26-23-20-17-14-11-8-5-2/h7-8,10-11,16-17,19-20,25-26,28-29,32-33,35-36,38-39,48,50,56,59,65,68,82-84,88-89H,4-6,9,12-15,18,21-24,27,30-31,34,37,40-47,49,51-55,57-58,60-64,66-67,69-81H2,1-3H3,(H,93,94)(H,95,96)/b10-7-,11-8-,19-16-,20-17-,28-25-,29-26-,33-32-,36-35-,39-38-,50-48-,59-56-,68-65-. The lowest BCUT2D eigenvalue weighted by Crippen LogP contribution is -2.30. The second-order valence-electron chi connectivity index (χ2n) is 27.2. The number of rotatable bonds is 77. The number of aliphatic hydroxyl groups is 2. The van der Waals surface area contributed by atoms with Crippen molar-refractivity contribution in [2.45, 2.75) is 347 Å². The van der Waals surface area contributed by atoms with E-state index in [1.165, 1.54) is 148 Å². The average molecular weight is 1510 g/mol. The van der Waals surface area contributed by atoms with Crippen molar-refractivity contribution in [3.63, 3.8) is 0 Å². The molecule has 0 bridgehead atoms. The minimum absolute atomic E-state index is 0.0448. The summed E-state index contributed by atoms with van der Waals surface area (Å²) in [5.74, 6) is -1.67. The molecule has 5 atom stereocenters. The van der Waals surface area contributed by atoms with Crippen molar-refractivity contribution in [2.24, 2.45) is 0 Å². The highest BCUT2D eigenvalue weighted by atomic mass is 31.2. The molecule has 0 aliphatic rings. The molecular weight excluding hydrogens is 1360 g/mol. The summed E-state index contributed by atoms with van der Waals surface area (Å²) in [5, 5.41) is 20.6. The molecule has 0 saturated carbocycles. The molecular formula is C87H148O16P2. The van der Waals surface area contributed by atoms with E-state index < -0.39 is 91.5 Å². The van der Waals surface area contributed by atoms with Gasteiger partial charge in [0.1, 0.15) is 25.4 Å². The minimum atomic E-state index is -4.95. The molecule has 0 amide bonds. The van der Waals surface area contributed by atoms with Crippen molar-refractivity contribution < 1.29 is 75.8 Å². The van der Waals surface area contributed by atoms with Crippen LogP contribution >= 0.6 is 15.6 Å². The number of unbranched alkanes of at least 4 members (excludes halogenated alkanes) is 30. The van der Waals surface area contributed by atoms with Gasteiger partial charge in [0.2, 0.25) is 0 Å². The predicted octanol–water partition coefficient (Wildman–Crippen LogP) is 24.4. The normalized spacial score (nSPS) is 14.7. The van der Waals surface area contributed by atoms with Crippen molar-refractivity contribution in [2.75, 3.05) is 39.6 Å². The zero-order chi connectivity index (χ0) is 76.6. The van der Waals surface area contributed by atoms with Gasteiger partial charge in [0.15, 0.2) is 6.10 Å². The molecule has 0 aromatic heterocycles. The van der Waals surface area contributed by atoms with Crippen LogP contribution in [0.4, 0.5) is 0 Å². The number of hydrogen-bond donors (Lipinski definition) is 4. The monoisotopic (exact) mass is 1510 g/mol. The highest BCUT2D eigenvalue weighted by Gasteiger charge is 2.29. The van der Waals surface area contributed by atoms with Crippen LogP contribution in [0.25, 0.3) is 0 Å². The van der Waals surface area contributed by atoms with Crippen LogP contribution < -0.4 is 0 Å². The Morgan fingerprint density at radius 2 is 0.524 bits per heavy atom. The number of phosphoric ester groups is 2. The smallest absolute Gasteiger partial charge is 0.463 e. The molecule has 0 aliphatic carbocycles. The molecule has 0 saturated heterocycles. The lowest BCUT2D eigenvalue weighted by molar-refractivity contribution is -0.161. The number of carbonyl (C=O) groups is 3. The number of aliphatic hydroxyl groups excluding tert-OH is 2. The van der Waals surface area contributed by atoms with E-state index in [9.17, 15) is 43.5 Å². The molecule has 0 aliphatic heterocycles. The quantitative estimate of drug-likeness (QED) is 0.0146. The van der Waals surface area contributed by atoms with Gasteiger partial charge in [-0.05, 0) is 109 Å². The number of phosphoric acid groups is 2. The van der Waals surface area contributed by atoms with Crippen molar-refractivity contribution >= 4 is 33.6 Å². The van der Waals surface area contributed by atoms with E-state index in [0.29, 0.717) is 25.7 Å². The summed E-state index contributed by atoms with van der Waals surface area (Å²) < 4.78 is 61.1. The van der Waals surface area contributed by atoms with Crippen molar-refractivity contribution in [3.05, 3.63) is 146 Å². The Kier molecular flexibility index (Phi) is 75.6. The lowest BCUT2D eigenvalue weighted by Gasteiger charge is -2.21. The average Bonchev–Trinajstić information content (AvgIpc) is 0.942. The third kappa shape index (κ3) is 80.3. The van der Waals surface area contributed by atoms with E-state index in [2.05, 4.69) is 148 Å². The van der Waals surface area contributed by atoms with Crippen molar-refractivity contribution in [1.29, 1.82) is 0 Å². The zero-order valence-electron chi connectivity index (χ0n) is 65.9. The van der Waals surface area contributed by atoms with Crippen LogP contribution in [0.15, 0.2) is 146 Å². The fraction of sp³-hybridized carbons (Fsp3) is 0.690. The van der Waals surface area contributed by atoms with Gasteiger partial charge in [-0.15, -0.1) is 0 Å². The summed E-state index contributed by atoms with van der Waals surface area (Å²) in [6.45, 7) is 2.39. The molecule has 0 fully saturated rings. The highest BCUT2D eigenvalue weighted by Crippen LogP contribution is 2.45. The summed E-state index contributed by atoms with van der Waals surface area (Å²) in [5.41, 5.74) is 0. The largest absolute Gasteiger partial charge is 0.472 e. The third-order valence-corrected chi connectivity index (χ3v) is 19.0. The van der Waals surface area contributed by atoms with E-state index in [0.717, 1.165) is 116 Å². The summed E-state index contributed by atoms with van der Waals surface area (Å²) in [6, 6.07) is 0. The number of esters is 3. The first-order chi connectivity index (χ1) is 51.2. The van der Waals surface area contributed by atoms with E-state index in [4.69, 9.17) is 32.3 Å². The molecule has 0 radical (unpaired) electrons. The van der Waals surface area contributed by atoms with Gasteiger partial charge < -0.3 is 34.2 Å². The topological polar surface area (TPSA) is 231 Å². The summed E-state index contributed by atoms with van der Waals surface area (Å²) in [7, 11) is -9.81. The van der Waals surface area contributed by atoms with Gasteiger partial charge in [-0.2, -0.15) is 0 Å². The second-order valence-corrected chi connectivity index (χ2v) is 30.1. The van der Waals surface area contributed by atoms with Crippen LogP contribution in [-0.4, -0.2) is 95.9 Å². The van der Waals surface area contributed by atoms with Gasteiger partial charge in [0.25, 0.3) is 0 Å². The summed E-state index contributed by atoms with van der Waals surface area (Å²) in [6.07, 6.45) is 97.9. The van der Waals surface area contributed by atoms with Gasteiger partial charge in [0.05, 0.1) is 26.4 Å². The molecule has 0 rings (SSSR count). The summed E-state index contributed by atoms with van der Waals surface area (Å²) >= 11 is 0. The predicted molar refractivity (Wildman–Crippen MR) is 436 cm³/mol. The first kappa shape index (κ1) is 100. The van der Waals surface area contributed by atoms with E-state index >= 15 is 0 Å². The van der Waals surface area contributed by atoms with E-state index in [-0.39, 0.29) is 19.3 Å². The Morgan fingerprint density at radius 1 is 0.276 bits per heavy atom. The Bertz CT molecular complexity index is 2490. The second kappa shape index (κ2) is 79.0. The van der Waals surface area contributed by atoms with Gasteiger partial charge in [0, 0.05) is 19.3 Å². The van der Waals surface area contributed by atoms with Gasteiger partial charge in [-0.25, -0.2) is 9.13 Å². The van der Waals surface area contributed by atoms with Crippen LogP contribution in [0.2, 0.25) is 0 Å².